The maximum Gasteiger partial charge on any atom is 0.303 e. The first-order chi connectivity index (χ1) is 13.4. The van der Waals surface area contributed by atoms with Crippen molar-refractivity contribution in [2.45, 2.75) is 82.5 Å². The van der Waals surface area contributed by atoms with Crippen LogP contribution in [0.1, 0.15) is 63.4 Å². The highest BCUT2D eigenvalue weighted by Gasteiger charge is 2.40. The van der Waals surface area contributed by atoms with Crippen LogP contribution in [0.25, 0.3) is 0 Å². The van der Waals surface area contributed by atoms with E-state index in [1.807, 2.05) is 0 Å². The number of unbranched alkanes of at least 4 members (excludes halogenated alkanes) is 3. The standard InChI is InChI=1S/C22H33FO5/c23-19-9-6-5-7-15(19)13-16(24)11-12-18-17(20(25)14-21(18)26)8-3-1-2-4-10-22(27)28/h5-7,9,16-18,20-21,24-26H,1-4,8,10-14H2,(H,27,28)/t16?,17-,18-,20+,21-/m1/s1. The normalized spacial score (nSPS) is 25.7. The molecule has 6 heteroatoms. The van der Waals surface area contributed by atoms with Gasteiger partial charge in [0, 0.05) is 12.8 Å². The van der Waals surface area contributed by atoms with Gasteiger partial charge >= 0.3 is 5.97 Å². The average molecular weight is 396 g/mol. The molecule has 0 saturated heterocycles. The van der Waals surface area contributed by atoms with Crippen LogP contribution >= 0.6 is 0 Å². The van der Waals surface area contributed by atoms with Gasteiger partial charge < -0.3 is 20.4 Å². The fraction of sp³-hybridized carbons (Fsp3) is 0.682. The van der Waals surface area contributed by atoms with Gasteiger partial charge in [0.15, 0.2) is 0 Å². The summed E-state index contributed by atoms with van der Waals surface area (Å²) < 4.78 is 13.7. The van der Waals surface area contributed by atoms with Gasteiger partial charge in [-0.15, -0.1) is 0 Å². The van der Waals surface area contributed by atoms with Gasteiger partial charge in [-0.3, -0.25) is 4.79 Å². The van der Waals surface area contributed by atoms with Crippen LogP contribution < -0.4 is 0 Å². The number of aliphatic carboxylic acids is 1. The molecule has 1 aromatic rings. The lowest BCUT2D eigenvalue weighted by Crippen LogP contribution is -2.24. The lowest BCUT2D eigenvalue weighted by Gasteiger charge is -2.24. The van der Waals surface area contributed by atoms with Gasteiger partial charge in [0.25, 0.3) is 0 Å². The van der Waals surface area contributed by atoms with Gasteiger partial charge in [-0.2, -0.15) is 0 Å². The smallest absolute Gasteiger partial charge is 0.303 e. The molecule has 0 bridgehead atoms. The number of carbonyl (C=O) groups is 1. The predicted octanol–water partition coefficient (Wildman–Crippen LogP) is 3.29. The van der Waals surface area contributed by atoms with E-state index in [9.17, 15) is 24.5 Å². The Labute approximate surface area is 166 Å². The Hall–Kier alpha value is -1.50. The van der Waals surface area contributed by atoms with E-state index in [0.29, 0.717) is 31.2 Å². The third kappa shape index (κ3) is 7.15. The molecule has 0 heterocycles. The summed E-state index contributed by atoms with van der Waals surface area (Å²) in [7, 11) is 0. The van der Waals surface area contributed by atoms with Crippen LogP contribution in [0.3, 0.4) is 0 Å². The number of carboxylic acid groups (broad SMARTS) is 1. The van der Waals surface area contributed by atoms with Crippen molar-refractivity contribution in [2.75, 3.05) is 0 Å². The van der Waals surface area contributed by atoms with Crippen molar-refractivity contribution >= 4 is 5.97 Å². The molecule has 5 atom stereocenters. The molecule has 1 unspecified atom stereocenters. The quantitative estimate of drug-likeness (QED) is 0.407. The van der Waals surface area contributed by atoms with E-state index in [2.05, 4.69) is 0 Å². The zero-order valence-corrected chi connectivity index (χ0v) is 16.3. The van der Waals surface area contributed by atoms with Crippen LogP contribution in [-0.4, -0.2) is 44.7 Å². The van der Waals surface area contributed by atoms with Gasteiger partial charge in [0.1, 0.15) is 5.82 Å². The van der Waals surface area contributed by atoms with Gasteiger partial charge in [0.05, 0.1) is 18.3 Å². The highest BCUT2D eigenvalue weighted by atomic mass is 19.1. The summed E-state index contributed by atoms with van der Waals surface area (Å²) in [6, 6.07) is 6.41. The summed E-state index contributed by atoms with van der Waals surface area (Å²) in [6.45, 7) is 0. The zero-order chi connectivity index (χ0) is 20.5. The van der Waals surface area contributed by atoms with Gasteiger partial charge in [-0.1, -0.05) is 37.5 Å². The first-order valence-electron chi connectivity index (χ1n) is 10.4. The Kier molecular flexibility index (Phi) is 9.35. The van der Waals surface area contributed by atoms with E-state index in [1.165, 1.54) is 6.07 Å². The maximum atomic E-state index is 13.7. The lowest BCUT2D eigenvalue weighted by atomic mass is 9.84. The second-order valence-electron chi connectivity index (χ2n) is 8.07. The summed E-state index contributed by atoms with van der Waals surface area (Å²) in [5.74, 6) is -1.17. The van der Waals surface area contributed by atoms with E-state index in [1.54, 1.807) is 18.2 Å². The van der Waals surface area contributed by atoms with Crippen LogP contribution in [0.5, 0.6) is 0 Å². The molecular weight excluding hydrogens is 363 g/mol. The summed E-state index contributed by atoms with van der Waals surface area (Å²) >= 11 is 0. The van der Waals surface area contributed by atoms with Crippen molar-refractivity contribution in [2.24, 2.45) is 11.8 Å². The molecule has 1 aliphatic carbocycles. The molecule has 5 nitrogen and oxygen atoms in total. The van der Waals surface area contributed by atoms with Crippen molar-refractivity contribution < 1.29 is 29.6 Å². The second-order valence-corrected chi connectivity index (χ2v) is 8.07. The molecule has 1 saturated carbocycles. The number of benzene rings is 1. The van der Waals surface area contributed by atoms with Crippen molar-refractivity contribution in [3.05, 3.63) is 35.6 Å². The van der Waals surface area contributed by atoms with Crippen molar-refractivity contribution in [1.82, 2.24) is 0 Å². The number of hydrogen-bond donors (Lipinski definition) is 4. The van der Waals surface area contributed by atoms with E-state index in [-0.39, 0.29) is 30.5 Å². The van der Waals surface area contributed by atoms with Crippen LogP contribution in [0.4, 0.5) is 4.39 Å². The van der Waals surface area contributed by atoms with Gasteiger partial charge in [0.2, 0.25) is 0 Å². The summed E-state index contributed by atoms with van der Waals surface area (Å²) in [5.41, 5.74) is 0.486. The molecular formula is C22H33FO5. The molecule has 1 aromatic carbocycles. The summed E-state index contributed by atoms with van der Waals surface area (Å²) in [5, 5.41) is 39.5. The molecule has 2 rings (SSSR count). The molecule has 4 N–H and O–H groups in total. The Morgan fingerprint density at radius 2 is 1.68 bits per heavy atom. The van der Waals surface area contributed by atoms with Gasteiger partial charge in [-0.05, 0) is 55.6 Å². The molecule has 1 aliphatic rings. The number of aliphatic hydroxyl groups is 3. The average Bonchev–Trinajstić information content (AvgIpc) is 2.91. The van der Waals surface area contributed by atoms with Crippen LogP contribution in [0.2, 0.25) is 0 Å². The molecule has 0 amide bonds. The Morgan fingerprint density at radius 1 is 1.04 bits per heavy atom. The van der Waals surface area contributed by atoms with Crippen molar-refractivity contribution in [3.63, 3.8) is 0 Å². The fourth-order valence-electron chi connectivity index (χ4n) is 4.40. The molecule has 0 aliphatic heterocycles. The number of halogens is 1. The zero-order valence-electron chi connectivity index (χ0n) is 16.3. The molecule has 0 spiro atoms. The topological polar surface area (TPSA) is 98.0 Å². The number of hydrogen-bond acceptors (Lipinski definition) is 4. The second kappa shape index (κ2) is 11.5. The minimum absolute atomic E-state index is 0.00450. The van der Waals surface area contributed by atoms with Gasteiger partial charge in [-0.25, -0.2) is 4.39 Å². The molecule has 0 radical (unpaired) electrons. The number of rotatable bonds is 12. The van der Waals surface area contributed by atoms with Crippen molar-refractivity contribution in [1.29, 1.82) is 0 Å². The third-order valence-corrected chi connectivity index (χ3v) is 5.95. The summed E-state index contributed by atoms with van der Waals surface area (Å²) in [6.07, 6.45) is 4.15. The predicted molar refractivity (Wildman–Crippen MR) is 104 cm³/mol. The number of aliphatic hydroxyl groups excluding tert-OH is 3. The highest BCUT2D eigenvalue weighted by Crippen LogP contribution is 2.39. The molecule has 158 valence electrons. The maximum absolute atomic E-state index is 13.7. The SMILES string of the molecule is O=C(O)CCCCCC[C@@H]1[C@@H](CCC(O)Cc2ccccc2F)[C@H](O)C[C@@H]1O. The van der Waals surface area contributed by atoms with Crippen LogP contribution in [0.15, 0.2) is 24.3 Å². The lowest BCUT2D eigenvalue weighted by molar-refractivity contribution is -0.137. The molecule has 1 fully saturated rings. The minimum atomic E-state index is -0.775. The molecule has 0 aromatic heterocycles. The Bertz CT molecular complexity index is 608. The third-order valence-electron chi connectivity index (χ3n) is 5.95. The first-order valence-corrected chi connectivity index (χ1v) is 10.4. The number of carboxylic acids is 1. The van der Waals surface area contributed by atoms with E-state index < -0.39 is 24.3 Å². The molecule has 28 heavy (non-hydrogen) atoms. The van der Waals surface area contributed by atoms with E-state index in [0.717, 1.165) is 25.7 Å². The fourth-order valence-corrected chi connectivity index (χ4v) is 4.40. The van der Waals surface area contributed by atoms with Crippen LogP contribution in [-0.2, 0) is 11.2 Å². The minimum Gasteiger partial charge on any atom is -0.481 e. The Balaban J connectivity index is 1.76. The Morgan fingerprint density at radius 3 is 2.36 bits per heavy atom. The van der Waals surface area contributed by atoms with E-state index >= 15 is 0 Å². The highest BCUT2D eigenvalue weighted by molar-refractivity contribution is 5.66. The first kappa shape index (κ1) is 22.8. The summed E-state index contributed by atoms with van der Waals surface area (Å²) in [4.78, 5) is 10.5. The van der Waals surface area contributed by atoms with Crippen molar-refractivity contribution in [3.8, 4) is 0 Å². The van der Waals surface area contributed by atoms with E-state index in [4.69, 9.17) is 5.11 Å². The monoisotopic (exact) mass is 396 g/mol. The van der Waals surface area contributed by atoms with Crippen LogP contribution in [0, 0.1) is 17.7 Å². The largest absolute Gasteiger partial charge is 0.481 e.